The average molecular weight is 354 g/mol. The van der Waals surface area contributed by atoms with Gasteiger partial charge in [0.15, 0.2) is 5.75 Å². The smallest absolute Gasteiger partial charge is 0.412 e. The van der Waals surface area contributed by atoms with Crippen LogP contribution < -0.4 is 15.4 Å². The molecule has 1 heterocycles. The van der Waals surface area contributed by atoms with Gasteiger partial charge in [-0.15, -0.1) is 0 Å². The molecule has 3 N–H and O–H groups in total. The van der Waals surface area contributed by atoms with E-state index in [2.05, 4.69) is 15.6 Å². The second kappa shape index (κ2) is 9.07. The molecule has 0 radical (unpaired) electrons. The largest absolute Gasteiger partial charge is 0.488 e. The maximum Gasteiger partial charge on any atom is 0.412 e. The summed E-state index contributed by atoms with van der Waals surface area (Å²) in [4.78, 5) is 28.7. The van der Waals surface area contributed by atoms with Crippen molar-refractivity contribution in [1.29, 1.82) is 0 Å². The Kier molecular flexibility index (Phi) is 7.43. The standard InChI is InChI=1S/C16H26N4O5/c1-16(2,3)10-25-15(23)19-13-8-11(18-14(21)22)12(9-17-13)24-7-6-20(4)5/h8-9H,6-7,10H2,1-5H3,(H,21,22)(H2,17,18,19,23). The third-order valence-electron chi connectivity index (χ3n) is 2.77. The number of rotatable bonds is 7. The second-order valence-electron chi connectivity index (χ2n) is 6.91. The van der Waals surface area contributed by atoms with Crippen molar-refractivity contribution >= 4 is 23.7 Å². The number of carbonyl (C=O) groups excluding carboxylic acids is 1. The summed E-state index contributed by atoms with van der Waals surface area (Å²) in [6.45, 7) is 7.08. The lowest BCUT2D eigenvalue weighted by Crippen LogP contribution is -2.22. The average Bonchev–Trinajstić information content (AvgIpc) is 2.46. The fourth-order valence-corrected chi connectivity index (χ4v) is 1.60. The van der Waals surface area contributed by atoms with Crippen LogP contribution in [0.2, 0.25) is 0 Å². The molecular formula is C16H26N4O5. The van der Waals surface area contributed by atoms with Crippen LogP contribution in [0.5, 0.6) is 5.75 Å². The van der Waals surface area contributed by atoms with Crippen molar-refractivity contribution in [2.75, 3.05) is 44.5 Å². The lowest BCUT2D eigenvalue weighted by Gasteiger charge is -2.18. The minimum absolute atomic E-state index is 0.155. The van der Waals surface area contributed by atoms with Crippen LogP contribution in [0, 0.1) is 5.41 Å². The molecule has 0 saturated heterocycles. The molecule has 0 fully saturated rings. The van der Waals surface area contributed by atoms with Crippen LogP contribution in [0.15, 0.2) is 12.3 Å². The molecular weight excluding hydrogens is 328 g/mol. The number of carboxylic acid groups (broad SMARTS) is 1. The molecule has 0 atom stereocenters. The van der Waals surface area contributed by atoms with Gasteiger partial charge in [0, 0.05) is 12.6 Å². The van der Waals surface area contributed by atoms with Crippen LogP contribution in [0.4, 0.5) is 21.1 Å². The quantitative estimate of drug-likeness (QED) is 0.690. The van der Waals surface area contributed by atoms with Crippen molar-refractivity contribution in [3.05, 3.63) is 12.3 Å². The molecule has 0 aliphatic rings. The van der Waals surface area contributed by atoms with Gasteiger partial charge in [0.2, 0.25) is 0 Å². The summed E-state index contributed by atoms with van der Waals surface area (Å²) in [5.74, 6) is 0.431. The first-order valence-electron chi connectivity index (χ1n) is 7.78. The highest BCUT2D eigenvalue weighted by molar-refractivity contribution is 5.88. The van der Waals surface area contributed by atoms with E-state index in [0.717, 1.165) is 0 Å². The van der Waals surface area contributed by atoms with E-state index >= 15 is 0 Å². The Morgan fingerprint density at radius 3 is 2.52 bits per heavy atom. The zero-order valence-corrected chi connectivity index (χ0v) is 15.3. The Morgan fingerprint density at radius 1 is 1.28 bits per heavy atom. The summed E-state index contributed by atoms with van der Waals surface area (Å²) >= 11 is 0. The van der Waals surface area contributed by atoms with Crippen LogP contribution in [0.25, 0.3) is 0 Å². The molecule has 25 heavy (non-hydrogen) atoms. The fraction of sp³-hybridized carbons (Fsp3) is 0.562. The number of aromatic nitrogens is 1. The van der Waals surface area contributed by atoms with E-state index in [1.54, 1.807) is 0 Å². The van der Waals surface area contributed by atoms with Crippen molar-refractivity contribution in [2.45, 2.75) is 20.8 Å². The zero-order valence-electron chi connectivity index (χ0n) is 15.3. The Balaban J connectivity index is 2.78. The monoisotopic (exact) mass is 354 g/mol. The van der Waals surface area contributed by atoms with Gasteiger partial charge in [-0.25, -0.2) is 14.6 Å². The van der Waals surface area contributed by atoms with E-state index in [1.807, 2.05) is 39.8 Å². The topological polar surface area (TPSA) is 113 Å². The number of hydrogen-bond donors (Lipinski definition) is 3. The van der Waals surface area contributed by atoms with E-state index in [1.165, 1.54) is 12.3 Å². The number of pyridine rings is 1. The van der Waals surface area contributed by atoms with Crippen molar-refractivity contribution in [3.8, 4) is 5.75 Å². The third-order valence-corrected chi connectivity index (χ3v) is 2.77. The van der Waals surface area contributed by atoms with Gasteiger partial charge in [-0.3, -0.25) is 10.6 Å². The first-order valence-corrected chi connectivity index (χ1v) is 7.78. The molecule has 0 aliphatic heterocycles. The number of likely N-dealkylation sites (N-methyl/N-ethyl adjacent to an activating group) is 1. The number of carbonyl (C=O) groups is 2. The predicted molar refractivity (Wildman–Crippen MR) is 94.4 cm³/mol. The van der Waals surface area contributed by atoms with Gasteiger partial charge >= 0.3 is 12.2 Å². The van der Waals surface area contributed by atoms with Gasteiger partial charge in [-0.1, -0.05) is 20.8 Å². The SMILES string of the molecule is CN(C)CCOc1cnc(NC(=O)OCC(C)(C)C)cc1NC(=O)O. The first-order chi connectivity index (χ1) is 11.6. The molecule has 9 heteroatoms. The summed E-state index contributed by atoms with van der Waals surface area (Å²) < 4.78 is 10.6. The number of ether oxygens (including phenoxy) is 2. The highest BCUT2D eigenvalue weighted by atomic mass is 16.5. The van der Waals surface area contributed by atoms with E-state index in [9.17, 15) is 9.59 Å². The summed E-state index contributed by atoms with van der Waals surface area (Å²) in [6.07, 6.45) is -0.560. The molecule has 0 bridgehead atoms. The molecule has 0 aliphatic carbocycles. The molecule has 1 aromatic rings. The van der Waals surface area contributed by atoms with E-state index in [0.29, 0.717) is 13.2 Å². The molecule has 0 saturated carbocycles. The van der Waals surface area contributed by atoms with Gasteiger partial charge in [0.1, 0.15) is 12.4 Å². The van der Waals surface area contributed by atoms with Crippen molar-refractivity contribution < 1.29 is 24.2 Å². The van der Waals surface area contributed by atoms with Crippen molar-refractivity contribution in [1.82, 2.24) is 9.88 Å². The van der Waals surface area contributed by atoms with Crippen LogP contribution in [0.1, 0.15) is 20.8 Å². The molecule has 1 aromatic heterocycles. The predicted octanol–water partition coefficient (Wildman–Crippen LogP) is 2.71. The third kappa shape index (κ3) is 8.75. The maximum atomic E-state index is 11.8. The summed E-state index contributed by atoms with van der Waals surface area (Å²) in [6, 6.07) is 1.37. The number of hydrogen-bond acceptors (Lipinski definition) is 6. The Morgan fingerprint density at radius 2 is 1.96 bits per heavy atom. The van der Waals surface area contributed by atoms with Crippen LogP contribution in [-0.4, -0.2) is 61.0 Å². The highest BCUT2D eigenvalue weighted by Crippen LogP contribution is 2.26. The van der Waals surface area contributed by atoms with Crippen molar-refractivity contribution in [2.24, 2.45) is 5.41 Å². The lowest BCUT2D eigenvalue weighted by atomic mass is 9.99. The Hall–Kier alpha value is -2.55. The summed E-state index contributed by atoms with van der Waals surface area (Å²) in [7, 11) is 3.79. The zero-order chi connectivity index (χ0) is 19.0. The van der Waals surface area contributed by atoms with Gasteiger partial charge in [0.25, 0.3) is 0 Å². The van der Waals surface area contributed by atoms with Crippen LogP contribution in [0.3, 0.4) is 0 Å². The van der Waals surface area contributed by atoms with Crippen LogP contribution >= 0.6 is 0 Å². The van der Waals surface area contributed by atoms with E-state index < -0.39 is 12.2 Å². The molecule has 0 unspecified atom stereocenters. The summed E-state index contributed by atoms with van der Waals surface area (Å²) in [5.41, 5.74) is 0.0256. The Labute approximate surface area is 147 Å². The maximum absolute atomic E-state index is 11.8. The Bertz CT molecular complexity index is 599. The van der Waals surface area contributed by atoms with Gasteiger partial charge in [-0.2, -0.15) is 0 Å². The van der Waals surface area contributed by atoms with Gasteiger partial charge in [-0.05, 0) is 19.5 Å². The number of nitrogens with zero attached hydrogens (tertiary/aromatic N) is 2. The summed E-state index contributed by atoms with van der Waals surface area (Å²) in [5, 5.41) is 13.6. The second-order valence-corrected chi connectivity index (χ2v) is 6.91. The van der Waals surface area contributed by atoms with E-state index in [4.69, 9.17) is 14.6 Å². The molecule has 1 rings (SSSR count). The molecule has 0 spiro atoms. The van der Waals surface area contributed by atoms with Gasteiger partial charge in [0.05, 0.1) is 18.5 Å². The molecule has 9 nitrogen and oxygen atoms in total. The fourth-order valence-electron chi connectivity index (χ4n) is 1.60. The minimum atomic E-state index is -1.25. The minimum Gasteiger partial charge on any atom is -0.488 e. The van der Waals surface area contributed by atoms with Crippen molar-refractivity contribution in [3.63, 3.8) is 0 Å². The normalized spacial score (nSPS) is 11.1. The number of nitrogens with one attached hydrogen (secondary N) is 2. The first kappa shape index (κ1) is 20.5. The number of anilines is 2. The molecule has 2 amide bonds. The number of amides is 2. The van der Waals surface area contributed by atoms with Gasteiger partial charge < -0.3 is 19.5 Å². The highest BCUT2D eigenvalue weighted by Gasteiger charge is 2.15. The lowest BCUT2D eigenvalue weighted by molar-refractivity contribution is 0.118. The van der Waals surface area contributed by atoms with Crippen LogP contribution in [-0.2, 0) is 4.74 Å². The molecule has 0 aromatic carbocycles. The molecule has 140 valence electrons. The van der Waals surface area contributed by atoms with E-state index in [-0.39, 0.29) is 29.3 Å².